The number of halogens is 1. The quantitative estimate of drug-likeness (QED) is 0.779. The minimum atomic E-state index is -3.63. The standard InChI is InChI=1S/C14H18ClNO4S/c1-3-4-9-16(2)21(19,20)13-7-5-11(10-12(13)15)6-8-14(17)18/h5-8,10H,3-4,9H2,1-2H3,(H,17,18). The lowest BCUT2D eigenvalue weighted by Gasteiger charge is -2.17. The maximum absolute atomic E-state index is 12.4. The maximum Gasteiger partial charge on any atom is 0.328 e. The van der Waals surface area contributed by atoms with Gasteiger partial charge in [-0.25, -0.2) is 17.5 Å². The van der Waals surface area contributed by atoms with Crippen molar-refractivity contribution in [3.05, 3.63) is 34.9 Å². The van der Waals surface area contributed by atoms with Gasteiger partial charge in [-0.3, -0.25) is 0 Å². The van der Waals surface area contributed by atoms with Gasteiger partial charge in [0.05, 0.1) is 5.02 Å². The maximum atomic E-state index is 12.4. The van der Waals surface area contributed by atoms with Crippen molar-refractivity contribution in [2.75, 3.05) is 13.6 Å². The zero-order valence-electron chi connectivity index (χ0n) is 11.9. The molecule has 0 heterocycles. The first kappa shape index (κ1) is 17.7. The first-order valence-electron chi connectivity index (χ1n) is 6.46. The summed E-state index contributed by atoms with van der Waals surface area (Å²) in [7, 11) is -2.12. The van der Waals surface area contributed by atoms with Crippen molar-refractivity contribution in [1.29, 1.82) is 0 Å². The van der Waals surface area contributed by atoms with Crippen LogP contribution in [-0.2, 0) is 14.8 Å². The zero-order valence-corrected chi connectivity index (χ0v) is 13.5. The molecule has 1 aromatic rings. The number of aliphatic carboxylic acids is 1. The Balaban J connectivity index is 3.06. The van der Waals surface area contributed by atoms with Gasteiger partial charge in [-0.05, 0) is 30.2 Å². The lowest BCUT2D eigenvalue weighted by atomic mass is 10.2. The van der Waals surface area contributed by atoms with Crippen LogP contribution in [-0.4, -0.2) is 37.4 Å². The van der Waals surface area contributed by atoms with Gasteiger partial charge in [0.2, 0.25) is 10.0 Å². The molecule has 0 bridgehead atoms. The molecule has 0 atom stereocenters. The van der Waals surface area contributed by atoms with Gasteiger partial charge in [-0.1, -0.05) is 31.0 Å². The van der Waals surface area contributed by atoms with Gasteiger partial charge < -0.3 is 5.11 Å². The molecule has 116 valence electrons. The van der Waals surface area contributed by atoms with Crippen LogP contribution in [0.15, 0.2) is 29.2 Å². The molecule has 0 aliphatic heterocycles. The third kappa shape index (κ3) is 4.84. The van der Waals surface area contributed by atoms with Gasteiger partial charge >= 0.3 is 5.97 Å². The van der Waals surface area contributed by atoms with Crippen LogP contribution >= 0.6 is 11.6 Å². The largest absolute Gasteiger partial charge is 0.478 e. The van der Waals surface area contributed by atoms with Crippen molar-refractivity contribution in [2.24, 2.45) is 0 Å². The fourth-order valence-electron chi connectivity index (χ4n) is 1.67. The van der Waals surface area contributed by atoms with Crippen LogP contribution in [0.25, 0.3) is 6.08 Å². The highest BCUT2D eigenvalue weighted by Crippen LogP contribution is 2.25. The topological polar surface area (TPSA) is 74.7 Å². The molecule has 0 amide bonds. The molecule has 5 nitrogen and oxygen atoms in total. The highest BCUT2D eigenvalue weighted by molar-refractivity contribution is 7.89. The number of carboxylic acids is 1. The summed E-state index contributed by atoms with van der Waals surface area (Å²) in [6.45, 7) is 2.41. The summed E-state index contributed by atoms with van der Waals surface area (Å²) in [5.74, 6) is -1.08. The second-order valence-electron chi connectivity index (χ2n) is 4.54. The van der Waals surface area contributed by atoms with Gasteiger partial charge in [0.15, 0.2) is 0 Å². The van der Waals surface area contributed by atoms with E-state index in [1.54, 1.807) is 0 Å². The number of unbranched alkanes of at least 4 members (excludes halogenated alkanes) is 1. The number of benzene rings is 1. The van der Waals surface area contributed by atoms with E-state index in [2.05, 4.69) is 0 Å². The molecule has 0 saturated carbocycles. The number of rotatable bonds is 7. The molecule has 0 saturated heterocycles. The smallest absolute Gasteiger partial charge is 0.328 e. The van der Waals surface area contributed by atoms with Crippen molar-refractivity contribution in [3.8, 4) is 0 Å². The Morgan fingerprint density at radius 2 is 2.10 bits per heavy atom. The summed E-state index contributed by atoms with van der Waals surface area (Å²) < 4.78 is 26.0. The van der Waals surface area contributed by atoms with Crippen LogP contribution in [0.3, 0.4) is 0 Å². The summed E-state index contributed by atoms with van der Waals surface area (Å²) in [5.41, 5.74) is 0.526. The van der Waals surface area contributed by atoms with Crippen LogP contribution in [0.4, 0.5) is 0 Å². The number of carbonyl (C=O) groups is 1. The highest BCUT2D eigenvalue weighted by Gasteiger charge is 2.23. The van der Waals surface area contributed by atoms with Crippen molar-refractivity contribution in [2.45, 2.75) is 24.7 Å². The SMILES string of the molecule is CCCCN(C)S(=O)(=O)c1ccc(C=CC(=O)O)cc1Cl. The van der Waals surface area contributed by atoms with Crippen molar-refractivity contribution in [1.82, 2.24) is 4.31 Å². The van der Waals surface area contributed by atoms with Crippen molar-refractivity contribution in [3.63, 3.8) is 0 Å². The van der Waals surface area contributed by atoms with Crippen LogP contribution in [0.2, 0.25) is 5.02 Å². The Labute approximate surface area is 129 Å². The second kappa shape index (κ2) is 7.59. The number of sulfonamides is 1. The Kier molecular flexibility index (Phi) is 6.39. The predicted molar refractivity (Wildman–Crippen MR) is 82.8 cm³/mol. The molecule has 0 radical (unpaired) electrons. The van der Waals surface area contributed by atoms with E-state index in [1.165, 1.54) is 35.6 Å². The Morgan fingerprint density at radius 3 is 2.62 bits per heavy atom. The molecule has 0 fully saturated rings. The Morgan fingerprint density at radius 1 is 1.43 bits per heavy atom. The first-order valence-corrected chi connectivity index (χ1v) is 8.27. The number of nitrogens with zero attached hydrogens (tertiary/aromatic N) is 1. The third-order valence-electron chi connectivity index (χ3n) is 2.89. The molecule has 0 aliphatic carbocycles. The van der Waals surface area contributed by atoms with E-state index in [-0.39, 0.29) is 9.92 Å². The van der Waals surface area contributed by atoms with Crippen molar-refractivity contribution < 1.29 is 18.3 Å². The first-order chi connectivity index (χ1) is 9.78. The Bertz CT molecular complexity index is 640. The molecule has 1 rings (SSSR count). The fourth-order valence-corrected chi connectivity index (χ4v) is 3.40. The van der Waals surface area contributed by atoms with Gasteiger partial charge in [-0.2, -0.15) is 0 Å². The molecule has 0 aromatic heterocycles. The lowest BCUT2D eigenvalue weighted by Crippen LogP contribution is -2.28. The second-order valence-corrected chi connectivity index (χ2v) is 6.96. The number of hydrogen-bond acceptors (Lipinski definition) is 3. The van der Waals surface area contributed by atoms with Gasteiger partial charge in [0.1, 0.15) is 4.90 Å². The molecule has 0 spiro atoms. The summed E-state index contributed by atoms with van der Waals surface area (Å²) >= 11 is 6.02. The molecule has 1 aromatic carbocycles. The molecule has 1 N–H and O–H groups in total. The summed E-state index contributed by atoms with van der Waals surface area (Å²) in [6.07, 6.45) is 3.98. The lowest BCUT2D eigenvalue weighted by molar-refractivity contribution is -0.131. The Hall–Kier alpha value is -1.37. The number of carboxylic acid groups (broad SMARTS) is 1. The molecule has 7 heteroatoms. The van der Waals surface area contributed by atoms with Crippen LogP contribution in [0.1, 0.15) is 25.3 Å². The molecule has 21 heavy (non-hydrogen) atoms. The summed E-state index contributed by atoms with van der Waals surface area (Å²) in [4.78, 5) is 10.5. The van der Waals surface area contributed by atoms with E-state index >= 15 is 0 Å². The molecular formula is C14H18ClNO4S. The predicted octanol–water partition coefficient (Wildman–Crippen LogP) is 2.86. The van der Waals surface area contributed by atoms with Crippen LogP contribution in [0, 0.1) is 0 Å². The number of hydrogen-bond donors (Lipinski definition) is 1. The third-order valence-corrected chi connectivity index (χ3v) is 5.23. The van der Waals surface area contributed by atoms with Gasteiger partial charge in [0.25, 0.3) is 0 Å². The minimum Gasteiger partial charge on any atom is -0.478 e. The van der Waals surface area contributed by atoms with Gasteiger partial charge in [-0.15, -0.1) is 0 Å². The highest BCUT2D eigenvalue weighted by atomic mass is 35.5. The molecule has 0 aliphatic rings. The van der Waals surface area contributed by atoms with E-state index in [0.717, 1.165) is 18.9 Å². The zero-order chi connectivity index (χ0) is 16.0. The van der Waals surface area contributed by atoms with Crippen molar-refractivity contribution >= 4 is 33.7 Å². The average Bonchev–Trinajstić information content (AvgIpc) is 2.42. The summed E-state index contributed by atoms with van der Waals surface area (Å²) in [6, 6.07) is 4.34. The summed E-state index contributed by atoms with van der Waals surface area (Å²) in [5, 5.41) is 8.64. The minimum absolute atomic E-state index is 0.0234. The average molecular weight is 332 g/mol. The molecule has 0 unspecified atom stereocenters. The molecular weight excluding hydrogens is 314 g/mol. The van der Waals surface area contributed by atoms with Crippen LogP contribution < -0.4 is 0 Å². The normalized spacial score (nSPS) is 12.2. The monoisotopic (exact) mass is 331 g/mol. The van der Waals surface area contributed by atoms with Gasteiger partial charge in [0, 0.05) is 19.7 Å². The van der Waals surface area contributed by atoms with E-state index in [4.69, 9.17) is 16.7 Å². The van der Waals surface area contributed by atoms with Crippen LogP contribution in [0.5, 0.6) is 0 Å². The van der Waals surface area contributed by atoms with E-state index in [9.17, 15) is 13.2 Å². The fraction of sp³-hybridized carbons (Fsp3) is 0.357. The van der Waals surface area contributed by atoms with E-state index in [0.29, 0.717) is 12.1 Å². The van der Waals surface area contributed by atoms with E-state index in [1.807, 2.05) is 6.92 Å². The van der Waals surface area contributed by atoms with E-state index < -0.39 is 16.0 Å².